The average Bonchev–Trinajstić information content (AvgIpc) is 2.70. The van der Waals surface area contributed by atoms with E-state index in [2.05, 4.69) is 51.0 Å². The fraction of sp³-hybridized carbons (Fsp3) is 0.750. The Labute approximate surface area is 117 Å². The zero-order valence-electron chi connectivity index (χ0n) is 13.0. The predicted molar refractivity (Wildman–Crippen MR) is 79.5 cm³/mol. The molecule has 19 heavy (non-hydrogen) atoms. The van der Waals surface area contributed by atoms with E-state index in [1.54, 1.807) is 0 Å². The summed E-state index contributed by atoms with van der Waals surface area (Å²) in [6.07, 6.45) is 3.12. The molecule has 2 heterocycles. The van der Waals surface area contributed by atoms with Crippen molar-refractivity contribution in [3.05, 3.63) is 23.0 Å². The molecule has 2 rings (SSSR count). The fourth-order valence-electron chi connectivity index (χ4n) is 3.47. The summed E-state index contributed by atoms with van der Waals surface area (Å²) >= 11 is 0. The van der Waals surface area contributed by atoms with Crippen molar-refractivity contribution in [2.45, 2.75) is 65.0 Å². The Bertz CT molecular complexity index is 432. The van der Waals surface area contributed by atoms with Gasteiger partial charge in [-0.15, -0.1) is 0 Å². The van der Waals surface area contributed by atoms with Crippen molar-refractivity contribution in [3.63, 3.8) is 0 Å². The zero-order chi connectivity index (χ0) is 14.1. The Morgan fingerprint density at radius 2 is 2.05 bits per heavy atom. The van der Waals surface area contributed by atoms with Gasteiger partial charge < -0.3 is 15.0 Å². The van der Waals surface area contributed by atoms with Crippen molar-refractivity contribution < 1.29 is 4.74 Å². The molecule has 0 bridgehead atoms. The van der Waals surface area contributed by atoms with Gasteiger partial charge in [-0.2, -0.15) is 0 Å². The van der Waals surface area contributed by atoms with Gasteiger partial charge in [0.25, 0.3) is 0 Å². The maximum atomic E-state index is 6.27. The van der Waals surface area contributed by atoms with E-state index in [1.807, 2.05) is 0 Å². The highest BCUT2D eigenvalue weighted by atomic mass is 16.5. The molecule has 1 saturated heterocycles. The highest BCUT2D eigenvalue weighted by Gasteiger charge is 2.43. The molecule has 2 N–H and O–H groups in total. The van der Waals surface area contributed by atoms with Crippen LogP contribution in [-0.2, 0) is 16.8 Å². The molecule has 1 atom stereocenters. The molecule has 0 spiro atoms. The minimum absolute atomic E-state index is 0.127. The van der Waals surface area contributed by atoms with E-state index in [9.17, 15) is 0 Å². The lowest BCUT2D eigenvalue weighted by atomic mass is 9.76. The molecule has 1 aliphatic rings. The molecule has 0 saturated carbocycles. The summed E-state index contributed by atoms with van der Waals surface area (Å²) < 4.78 is 6.27. The van der Waals surface area contributed by atoms with E-state index in [4.69, 9.17) is 4.74 Å². The minimum Gasteiger partial charge on any atom is -0.370 e. The second-order valence-electron chi connectivity index (χ2n) is 6.35. The van der Waals surface area contributed by atoms with Gasteiger partial charge in [-0.3, -0.25) is 0 Å². The van der Waals surface area contributed by atoms with Crippen molar-refractivity contribution in [3.8, 4) is 0 Å². The van der Waals surface area contributed by atoms with E-state index < -0.39 is 0 Å². The lowest BCUT2D eigenvalue weighted by Crippen LogP contribution is -2.53. The molecule has 0 radical (unpaired) electrons. The lowest BCUT2D eigenvalue weighted by Gasteiger charge is -2.45. The molecule has 1 aromatic rings. The Morgan fingerprint density at radius 1 is 1.32 bits per heavy atom. The van der Waals surface area contributed by atoms with Crippen LogP contribution in [0.5, 0.6) is 0 Å². The first-order valence-corrected chi connectivity index (χ1v) is 7.50. The number of aromatic nitrogens is 1. The number of hydrogen-bond acceptors (Lipinski definition) is 2. The molecule has 1 unspecified atom stereocenters. The van der Waals surface area contributed by atoms with Crippen molar-refractivity contribution >= 4 is 0 Å². The van der Waals surface area contributed by atoms with Crippen molar-refractivity contribution in [2.75, 3.05) is 13.2 Å². The smallest absolute Gasteiger partial charge is 0.0977 e. The van der Waals surface area contributed by atoms with Crippen LogP contribution in [-0.4, -0.2) is 23.7 Å². The van der Waals surface area contributed by atoms with Gasteiger partial charge in [0.15, 0.2) is 0 Å². The van der Waals surface area contributed by atoms with Gasteiger partial charge >= 0.3 is 0 Å². The monoisotopic (exact) mass is 264 g/mol. The summed E-state index contributed by atoms with van der Waals surface area (Å²) in [6, 6.07) is 2.31. The Hall–Kier alpha value is -0.800. The molecule has 0 aliphatic carbocycles. The highest BCUT2D eigenvalue weighted by Crippen LogP contribution is 2.41. The van der Waals surface area contributed by atoms with E-state index in [-0.39, 0.29) is 11.1 Å². The van der Waals surface area contributed by atoms with Gasteiger partial charge in [-0.05, 0) is 59.6 Å². The summed E-state index contributed by atoms with van der Waals surface area (Å²) in [5.74, 6) is 0. The predicted octanol–water partition coefficient (Wildman–Crippen LogP) is 3.28. The summed E-state index contributed by atoms with van der Waals surface area (Å²) in [4.78, 5) is 3.50. The maximum Gasteiger partial charge on any atom is 0.0977 e. The van der Waals surface area contributed by atoms with Gasteiger partial charge in [-0.1, -0.05) is 6.92 Å². The van der Waals surface area contributed by atoms with Crippen LogP contribution < -0.4 is 5.32 Å². The van der Waals surface area contributed by atoms with Gasteiger partial charge in [0.05, 0.1) is 5.60 Å². The topological polar surface area (TPSA) is 37.0 Å². The highest BCUT2D eigenvalue weighted by molar-refractivity contribution is 5.32. The SMILES string of the molecule is CCOC1(c2cc(CC)[nH]c2C)CCNC(C)(C)C1. The Morgan fingerprint density at radius 3 is 2.58 bits per heavy atom. The summed E-state index contributed by atoms with van der Waals surface area (Å²) in [6.45, 7) is 12.8. The molecular weight excluding hydrogens is 236 g/mol. The quantitative estimate of drug-likeness (QED) is 0.875. The van der Waals surface area contributed by atoms with Crippen LogP contribution in [0.15, 0.2) is 6.07 Å². The third kappa shape index (κ3) is 2.87. The van der Waals surface area contributed by atoms with E-state index in [0.29, 0.717) is 0 Å². The third-order valence-corrected chi connectivity index (χ3v) is 4.22. The number of piperidine rings is 1. The maximum absolute atomic E-state index is 6.27. The lowest BCUT2D eigenvalue weighted by molar-refractivity contribution is -0.0868. The summed E-state index contributed by atoms with van der Waals surface area (Å²) in [5, 5.41) is 3.59. The number of rotatable bonds is 4. The molecular formula is C16H28N2O. The van der Waals surface area contributed by atoms with Crippen molar-refractivity contribution in [2.24, 2.45) is 0 Å². The molecule has 3 nitrogen and oxygen atoms in total. The van der Waals surface area contributed by atoms with Crippen LogP contribution in [0.25, 0.3) is 0 Å². The molecule has 0 amide bonds. The standard InChI is InChI=1S/C16H28N2O/c1-6-13-10-14(12(3)18-13)16(19-7-2)8-9-17-15(4,5)11-16/h10,17-18H,6-9,11H2,1-5H3. The van der Waals surface area contributed by atoms with Gasteiger partial charge in [0.1, 0.15) is 0 Å². The number of ether oxygens (including phenoxy) is 1. The summed E-state index contributed by atoms with van der Waals surface area (Å²) in [7, 11) is 0. The largest absolute Gasteiger partial charge is 0.370 e. The first kappa shape index (κ1) is 14.6. The Kier molecular flexibility index (Phi) is 4.07. The number of aromatic amines is 1. The molecule has 0 aromatic carbocycles. The number of aryl methyl sites for hydroxylation is 2. The molecule has 1 fully saturated rings. The van der Waals surface area contributed by atoms with E-state index in [1.165, 1.54) is 17.0 Å². The minimum atomic E-state index is -0.127. The molecule has 108 valence electrons. The van der Waals surface area contributed by atoms with Crippen molar-refractivity contribution in [1.29, 1.82) is 0 Å². The van der Waals surface area contributed by atoms with Crippen LogP contribution in [0.4, 0.5) is 0 Å². The second kappa shape index (κ2) is 5.29. The van der Waals surface area contributed by atoms with E-state index >= 15 is 0 Å². The van der Waals surface area contributed by atoms with Gasteiger partial charge in [0.2, 0.25) is 0 Å². The van der Waals surface area contributed by atoms with Crippen LogP contribution in [0, 0.1) is 6.92 Å². The molecule has 1 aliphatic heterocycles. The van der Waals surface area contributed by atoms with Crippen LogP contribution >= 0.6 is 0 Å². The van der Waals surface area contributed by atoms with E-state index in [0.717, 1.165) is 32.4 Å². The summed E-state index contributed by atoms with van der Waals surface area (Å²) in [5.41, 5.74) is 3.94. The third-order valence-electron chi connectivity index (χ3n) is 4.22. The number of H-pyrrole nitrogens is 1. The Balaban J connectivity index is 2.40. The first-order chi connectivity index (χ1) is 8.92. The van der Waals surface area contributed by atoms with Crippen LogP contribution in [0.1, 0.15) is 57.5 Å². The van der Waals surface area contributed by atoms with Gasteiger partial charge in [-0.25, -0.2) is 0 Å². The normalized spacial score (nSPS) is 26.6. The fourth-order valence-corrected chi connectivity index (χ4v) is 3.47. The molecule has 3 heteroatoms. The molecule has 1 aromatic heterocycles. The number of hydrogen-bond donors (Lipinski definition) is 2. The van der Waals surface area contributed by atoms with Crippen LogP contribution in [0.2, 0.25) is 0 Å². The first-order valence-electron chi connectivity index (χ1n) is 7.50. The second-order valence-corrected chi connectivity index (χ2v) is 6.35. The number of nitrogens with one attached hydrogen (secondary N) is 2. The van der Waals surface area contributed by atoms with Crippen molar-refractivity contribution in [1.82, 2.24) is 10.3 Å². The zero-order valence-corrected chi connectivity index (χ0v) is 13.0. The van der Waals surface area contributed by atoms with Crippen LogP contribution in [0.3, 0.4) is 0 Å². The van der Waals surface area contributed by atoms with Gasteiger partial charge in [0, 0.05) is 29.1 Å². The average molecular weight is 264 g/mol.